The first-order valence-corrected chi connectivity index (χ1v) is 8.32. The number of ether oxygens (including phenoxy) is 2. The van der Waals surface area contributed by atoms with E-state index in [0.29, 0.717) is 32.1 Å². The van der Waals surface area contributed by atoms with E-state index in [0.717, 1.165) is 0 Å². The van der Waals surface area contributed by atoms with Crippen molar-refractivity contribution in [1.82, 2.24) is 15.0 Å². The maximum absolute atomic E-state index is 13.5. The molecule has 0 N–H and O–H groups in total. The Kier molecular flexibility index (Phi) is 5.40. The first kappa shape index (κ1) is 17.5. The van der Waals surface area contributed by atoms with E-state index in [1.807, 2.05) is 13.8 Å². The van der Waals surface area contributed by atoms with E-state index < -0.39 is 5.82 Å². The normalized spacial score (nSPS) is 20.0. The quantitative estimate of drug-likeness (QED) is 0.799. The van der Waals surface area contributed by atoms with E-state index in [-0.39, 0.29) is 23.7 Å². The van der Waals surface area contributed by atoms with Crippen LogP contribution in [0.1, 0.15) is 30.4 Å². The summed E-state index contributed by atoms with van der Waals surface area (Å²) in [5.41, 5.74) is 0.687. The molecule has 134 valence electrons. The van der Waals surface area contributed by atoms with Crippen molar-refractivity contribution in [2.45, 2.75) is 26.0 Å². The molecule has 0 bridgehead atoms. The van der Waals surface area contributed by atoms with E-state index >= 15 is 0 Å². The molecule has 1 saturated heterocycles. The lowest BCUT2D eigenvalue weighted by molar-refractivity contribution is 0.0340. The fraction of sp³-hybridized carbons (Fsp3) is 0.471. The third kappa shape index (κ3) is 3.69. The van der Waals surface area contributed by atoms with E-state index in [9.17, 15) is 9.18 Å². The van der Waals surface area contributed by atoms with Crippen LogP contribution in [0.3, 0.4) is 0 Å². The van der Waals surface area contributed by atoms with Crippen LogP contribution in [-0.4, -0.2) is 53.4 Å². The molecule has 0 spiro atoms. The van der Waals surface area contributed by atoms with Gasteiger partial charge in [0.1, 0.15) is 18.0 Å². The van der Waals surface area contributed by atoms with Crippen LogP contribution in [0.5, 0.6) is 0 Å². The molecule has 8 heteroatoms. The van der Waals surface area contributed by atoms with Crippen LogP contribution < -0.4 is 4.90 Å². The Bertz CT molecular complexity index is 736. The van der Waals surface area contributed by atoms with Gasteiger partial charge in [-0.25, -0.2) is 9.07 Å². The Labute approximate surface area is 145 Å². The second-order valence-corrected chi connectivity index (χ2v) is 5.71. The third-order valence-corrected chi connectivity index (χ3v) is 4.13. The number of carbonyl (C=O) groups excluding carboxylic acids is 1. The largest absolute Gasteiger partial charge is 0.376 e. The van der Waals surface area contributed by atoms with Gasteiger partial charge in [-0.3, -0.25) is 4.79 Å². The molecule has 1 fully saturated rings. The molecule has 1 amide bonds. The van der Waals surface area contributed by atoms with Crippen molar-refractivity contribution >= 4 is 11.6 Å². The van der Waals surface area contributed by atoms with Crippen molar-refractivity contribution < 1.29 is 18.7 Å². The molecule has 0 saturated carbocycles. The first-order valence-electron chi connectivity index (χ1n) is 8.32. The van der Waals surface area contributed by atoms with Crippen molar-refractivity contribution in [3.8, 4) is 0 Å². The average Bonchev–Trinajstić information content (AvgIpc) is 3.24. The highest BCUT2D eigenvalue weighted by molar-refractivity contribution is 6.04. The molecule has 3 rings (SSSR count). The lowest BCUT2D eigenvalue weighted by Gasteiger charge is -2.20. The highest BCUT2D eigenvalue weighted by atomic mass is 19.1. The molecule has 0 aliphatic carbocycles. The number of aromatic nitrogens is 3. The van der Waals surface area contributed by atoms with Gasteiger partial charge in [-0.05, 0) is 32.0 Å². The molecule has 25 heavy (non-hydrogen) atoms. The molecule has 2 aromatic rings. The standard InChI is InChI=1S/C17H21FN4O3/c1-3-21(13-7-5-6-12(18)8-13)17(23)14-9-22(20-19-14)15-10-24-11-16(15)25-4-2/h5-9,15-16H,3-4,10-11H2,1-2H3/t15-,16-/m1/s1. The molecule has 0 radical (unpaired) electrons. The van der Waals surface area contributed by atoms with Crippen molar-refractivity contribution in [2.75, 3.05) is 31.3 Å². The van der Waals surface area contributed by atoms with Gasteiger partial charge in [0.15, 0.2) is 5.69 Å². The number of amides is 1. The topological polar surface area (TPSA) is 69.5 Å². The minimum Gasteiger partial charge on any atom is -0.376 e. The SMILES string of the molecule is CCO[C@@H]1COC[C@H]1n1cc(C(=O)N(CC)c2cccc(F)c2)nn1. The maximum Gasteiger partial charge on any atom is 0.280 e. The van der Waals surface area contributed by atoms with Crippen LogP contribution >= 0.6 is 0 Å². The molecule has 1 aliphatic heterocycles. The van der Waals surface area contributed by atoms with Crippen LogP contribution in [0.4, 0.5) is 10.1 Å². The summed E-state index contributed by atoms with van der Waals surface area (Å²) < 4.78 is 26.2. The maximum atomic E-state index is 13.5. The number of carbonyl (C=O) groups is 1. The summed E-state index contributed by atoms with van der Waals surface area (Å²) >= 11 is 0. The van der Waals surface area contributed by atoms with Crippen LogP contribution in [0, 0.1) is 5.82 Å². The Morgan fingerprint density at radius 3 is 3.00 bits per heavy atom. The summed E-state index contributed by atoms with van der Waals surface area (Å²) in [5, 5.41) is 8.05. The molecule has 2 heterocycles. The molecule has 1 aromatic carbocycles. The number of hydrogen-bond acceptors (Lipinski definition) is 5. The van der Waals surface area contributed by atoms with Gasteiger partial charge in [-0.15, -0.1) is 5.10 Å². The van der Waals surface area contributed by atoms with Crippen molar-refractivity contribution in [1.29, 1.82) is 0 Å². The molecule has 2 atom stereocenters. The van der Waals surface area contributed by atoms with Crippen LogP contribution in [0.2, 0.25) is 0 Å². The number of hydrogen-bond donors (Lipinski definition) is 0. The van der Waals surface area contributed by atoms with E-state index in [4.69, 9.17) is 9.47 Å². The fourth-order valence-electron chi connectivity index (χ4n) is 2.91. The fourth-order valence-corrected chi connectivity index (χ4v) is 2.91. The minimum atomic E-state index is -0.393. The Morgan fingerprint density at radius 1 is 1.44 bits per heavy atom. The first-order chi connectivity index (χ1) is 12.1. The molecule has 1 aromatic heterocycles. The highest BCUT2D eigenvalue weighted by Gasteiger charge is 2.32. The average molecular weight is 348 g/mol. The van der Waals surface area contributed by atoms with Gasteiger partial charge in [0.25, 0.3) is 5.91 Å². The van der Waals surface area contributed by atoms with Gasteiger partial charge in [-0.2, -0.15) is 0 Å². The summed E-state index contributed by atoms with van der Waals surface area (Å²) in [4.78, 5) is 14.2. The van der Waals surface area contributed by atoms with Crippen LogP contribution in [0.15, 0.2) is 30.5 Å². The Hall–Kier alpha value is -2.32. The second-order valence-electron chi connectivity index (χ2n) is 5.71. The second kappa shape index (κ2) is 7.71. The van der Waals surface area contributed by atoms with Crippen molar-refractivity contribution in [2.24, 2.45) is 0 Å². The minimum absolute atomic E-state index is 0.111. The molecule has 1 aliphatic rings. The summed E-state index contributed by atoms with van der Waals surface area (Å²) in [6.07, 6.45) is 1.48. The molecular formula is C17H21FN4O3. The van der Waals surface area contributed by atoms with Gasteiger partial charge in [0.05, 0.1) is 19.4 Å². The highest BCUT2D eigenvalue weighted by Crippen LogP contribution is 2.23. The van der Waals surface area contributed by atoms with E-state index in [2.05, 4.69) is 10.3 Å². The molecular weight excluding hydrogens is 327 g/mol. The number of benzene rings is 1. The zero-order chi connectivity index (χ0) is 17.8. The zero-order valence-corrected chi connectivity index (χ0v) is 14.3. The van der Waals surface area contributed by atoms with Crippen molar-refractivity contribution in [3.05, 3.63) is 42.0 Å². The third-order valence-electron chi connectivity index (χ3n) is 4.13. The lowest BCUT2D eigenvalue weighted by Crippen LogP contribution is -2.31. The van der Waals surface area contributed by atoms with Gasteiger partial charge >= 0.3 is 0 Å². The Morgan fingerprint density at radius 2 is 2.28 bits per heavy atom. The van der Waals surface area contributed by atoms with Gasteiger partial charge < -0.3 is 14.4 Å². The van der Waals surface area contributed by atoms with Gasteiger partial charge in [-0.1, -0.05) is 11.3 Å². The van der Waals surface area contributed by atoms with Gasteiger partial charge in [0, 0.05) is 18.8 Å². The smallest absolute Gasteiger partial charge is 0.280 e. The van der Waals surface area contributed by atoms with E-state index in [1.54, 1.807) is 23.0 Å². The summed E-state index contributed by atoms with van der Waals surface area (Å²) in [5.74, 6) is -0.721. The van der Waals surface area contributed by atoms with Crippen LogP contribution in [-0.2, 0) is 9.47 Å². The molecule has 7 nitrogen and oxygen atoms in total. The molecule has 0 unspecified atom stereocenters. The Balaban J connectivity index is 1.80. The van der Waals surface area contributed by atoms with Crippen LogP contribution in [0.25, 0.3) is 0 Å². The summed E-state index contributed by atoms with van der Waals surface area (Å²) in [6, 6.07) is 5.80. The van der Waals surface area contributed by atoms with Gasteiger partial charge in [0.2, 0.25) is 0 Å². The monoisotopic (exact) mass is 348 g/mol. The lowest BCUT2D eigenvalue weighted by atomic mass is 10.2. The predicted molar refractivity (Wildman–Crippen MR) is 89.0 cm³/mol. The number of halogens is 1. The predicted octanol–water partition coefficient (Wildman–Crippen LogP) is 2.06. The zero-order valence-electron chi connectivity index (χ0n) is 14.3. The number of nitrogens with zero attached hydrogens (tertiary/aromatic N) is 4. The summed E-state index contributed by atoms with van der Waals surface area (Å²) in [7, 11) is 0. The van der Waals surface area contributed by atoms with Crippen molar-refractivity contribution in [3.63, 3.8) is 0 Å². The van der Waals surface area contributed by atoms with E-state index in [1.165, 1.54) is 17.0 Å². The number of anilines is 1. The summed E-state index contributed by atoms with van der Waals surface area (Å²) in [6.45, 7) is 5.67. The number of rotatable bonds is 6.